The molecule has 1 rings (SSSR count). The van der Waals surface area contributed by atoms with Gasteiger partial charge in [-0.3, -0.25) is 10.2 Å². The van der Waals surface area contributed by atoms with E-state index in [1.54, 1.807) is 18.5 Å². The number of hydrogen-bond donors (Lipinski definition) is 1. The second-order valence-corrected chi connectivity index (χ2v) is 1.25. The zero-order chi connectivity index (χ0) is 5.11. The Labute approximate surface area is 58.1 Å². The first kappa shape index (κ1) is 7.65. The first-order chi connectivity index (χ1) is 3.39. The highest BCUT2D eigenvalue weighted by Gasteiger charge is 1.89. The van der Waals surface area contributed by atoms with Gasteiger partial charge in [-0.25, -0.2) is 5.06 Å². The first-order valence-corrected chi connectivity index (χ1v) is 2.02. The summed E-state index contributed by atoms with van der Waals surface area (Å²) in [7, 11) is 0. The lowest BCUT2D eigenvalue weighted by molar-refractivity contribution is -0.0384. The van der Waals surface area contributed by atoms with Gasteiger partial charge in [0.2, 0.25) is 0 Å². The molecule has 0 radical (unpaired) electrons. The van der Waals surface area contributed by atoms with Crippen LogP contribution in [0.5, 0.6) is 0 Å². The first-order valence-electron chi connectivity index (χ1n) is 2.02. The molecule has 0 aromatic heterocycles. The van der Waals surface area contributed by atoms with Crippen molar-refractivity contribution in [3.8, 4) is 0 Å². The molecule has 0 aromatic rings. The summed E-state index contributed by atoms with van der Waals surface area (Å²) in [5.41, 5.74) is 0. The van der Waals surface area contributed by atoms with Gasteiger partial charge in [-0.1, -0.05) is 0 Å². The van der Waals surface area contributed by atoms with Gasteiger partial charge in [-0.05, 0) is 6.08 Å². The molecule has 46 valence electrons. The summed E-state index contributed by atoms with van der Waals surface area (Å²) in [5.74, 6) is 0. The largest absolute Gasteiger partial charge is 0.287 e. The van der Waals surface area contributed by atoms with Crippen molar-refractivity contribution in [3.05, 3.63) is 12.3 Å². The molecule has 0 amide bonds. The standard InChI is InChI=1S/C4H6N2O.BrH/c7-6-3-1-2-5-4-6;/h1-3,7H,4H2;1H. The van der Waals surface area contributed by atoms with Gasteiger partial charge in [0.1, 0.15) is 6.67 Å². The average Bonchev–Trinajstić information content (AvgIpc) is 1.69. The van der Waals surface area contributed by atoms with Crippen molar-refractivity contribution in [3.63, 3.8) is 0 Å². The Hall–Kier alpha value is -0.350. The molecule has 0 saturated carbocycles. The van der Waals surface area contributed by atoms with Crippen LogP contribution in [0.1, 0.15) is 0 Å². The van der Waals surface area contributed by atoms with Gasteiger partial charge in [-0.15, -0.1) is 17.0 Å². The second kappa shape index (κ2) is 3.63. The third-order valence-corrected chi connectivity index (χ3v) is 0.676. The van der Waals surface area contributed by atoms with E-state index in [0.717, 1.165) is 5.06 Å². The number of hydroxylamine groups is 2. The number of allylic oxidation sites excluding steroid dienone is 1. The molecule has 3 nitrogen and oxygen atoms in total. The predicted molar refractivity (Wildman–Crippen MR) is 36.4 cm³/mol. The lowest BCUT2D eigenvalue weighted by Gasteiger charge is -2.08. The molecular weight excluding hydrogens is 172 g/mol. The van der Waals surface area contributed by atoms with E-state index in [0.29, 0.717) is 6.67 Å². The molecule has 8 heavy (non-hydrogen) atoms. The minimum atomic E-state index is 0. The molecule has 0 aromatic carbocycles. The van der Waals surface area contributed by atoms with Gasteiger partial charge >= 0.3 is 0 Å². The maximum atomic E-state index is 8.54. The van der Waals surface area contributed by atoms with E-state index in [1.807, 2.05) is 0 Å². The summed E-state index contributed by atoms with van der Waals surface area (Å²) in [6.07, 6.45) is 4.86. The number of aliphatic imine (C=N–C) groups is 1. The van der Waals surface area contributed by atoms with Crippen LogP contribution < -0.4 is 0 Å². The Balaban J connectivity index is 0.000000490. The zero-order valence-corrected chi connectivity index (χ0v) is 5.90. The summed E-state index contributed by atoms with van der Waals surface area (Å²) in [5, 5.41) is 9.56. The summed E-state index contributed by atoms with van der Waals surface area (Å²) < 4.78 is 0. The molecule has 1 aliphatic rings. The Bertz CT molecular complexity index is 113. The van der Waals surface area contributed by atoms with Crippen molar-refractivity contribution in [1.82, 2.24) is 5.06 Å². The molecule has 0 fully saturated rings. The van der Waals surface area contributed by atoms with Crippen LogP contribution in [-0.2, 0) is 0 Å². The fourth-order valence-corrected chi connectivity index (χ4v) is 0.377. The highest BCUT2D eigenvalue weighted by atomic mass is 79.9. The lowest BCUT2D eigenvalue weighted by Crippen LogP contribution is -2.13. The minimum Gasteiger partial charge on any atom is -0.287 e. The molecule has 0 aliphatic carbocycles. The molecule has 4 heteroatoms. The van der Waals surface area contributed by atoms with Gasteiger partial charge in [0.05, 0.1) is 0 Å². The van der Waals surface area contributed by atoms with E-state index in [4.69, 9.17) is 5.21 Å². The van der Waals surface area contributed by atoms with Crippen molar-refractivity contribution >= 4 is 23.2 Å². The van der Waals surface area contributed by atoms with Crippen LogP contribution in [0.2, 0.25) is 0 Å². The summed E-state index contributed by atoms with van der Waals surface area (Å²) in [4.78, 5) is 3.72. The van der Waals surface area contributed by atoms with Gasteiger partial charge in [-0.2, -0.15) is 0 Å². The van der Waals surface area contributed by atoms with Crippen LogP contribution in [-0.4, -0.2) is 23.2 Å². The highest BCUT2D eigenvalue weighted by Crippen LogP contribution is 1.87. The lowest BCUT2D eigenvalue weighted by atomic mass is 10.6. The molecule has 1 N–H and O–H groups in total. The van der Waals surface area contributed by atoms with Crippen LogP contribution in [0.4, 0.5) is 0 Å². The number of rotatable bonds is 0. The van der Waals surface area contributed by atoms with Gasteiger partial charge in [0, 0.05) is 12.4 Å². The summed E-state index contributed by atoms with van der Waals surface area (Å²) >= 11 is 0. The number of nitrogens with zero attached hydrogens (tertiary/aromatic N) is 2. The van der Waals surface area contributed by atoms with Crippen LogP contribution in [0.3, 0.4) is 0 Å². The van der Waals surface area contributed by atoms with Crippen LogP contribution in [0, 0.1) is 0 Å². The fraction of sp³-hybridized carbons (Fsp3) is 0.250. The van der Waals surface area contributed by atoms with Crippen molar-refractivity contribution in [2.45, 2.75) is 0 Å². The molecule has 0 unspecified atom stereocenters. The Morgan fingerprint density at radius 2 is 2.38 bits per heavy atom. The molecule has 1 aliphatic heterocycles. The Morgan fingerprint density at radius 3 is 2.62 bits per heavy atom. The normalized spacial score (nSPS) is 15.9. The predicted octanol–water partition coefficient (Wildman–Crippen LogP) is 0.811. The van der Waals surface area contributed by atoms with Crippen molar-refractivity contribution in [2.75, 3.05) is 6.67 Å². The van der Waals surface area contributed by atoms with E-state index in [2.05, 4.69) is 4.99 Å². The van der Waals surface area contributed by atoms with Crippen LogP contribution in [0.15, 0.2) is 17.3 Å². The van der Waals surface area contributed by atoms with Crippen LogP contribution in [0.25, 0.3) is 0 Å². The summed E-state index contributed by atoms with van der Waals surface area (Å²) in [6.45, 7) is 0.358. The maximum absolute atomic E-state index is 8.54. The molecule has 0 bridgehead atoms. The minimum absolute atomic E-state index is 0. The fourth-order valence-electron chi connectivity index (χ4n) is 0.377. The topological polar surface area (TPSA) is 35.8 Å². The SMILES string of the molecule is Br.ON1C=CC=NC1. The van der Waals surface area contributed by atoms with E-state index >= 15 is 0 Å². The van der Waals surface area contributed by atoms with E-state index < -0.39 is 0 Å². The van der Waals surface area contributed by atoms with Crippen molar-refractivity contribution < 1.29 is 5.21 Å². The van der Waals surface area contributed by atoms with Crippen molar-refractivity contribution in [1.29, 1.82) is 0 Å². The summed E-state index contributed by atoms with van der Waals surface area (Å²) in [6, 6.07) is 0. The third-order valence-electron chi connectivity index (χ3n) is 0.676. The van der Waals surface area contributed by atoms with E-state index in [9.17, 15) is 0 Å². The van der Waals surface area contributed by atoms with Gasteiger partial charge in [0.15, 0.2) is 0 Å². The number of halogens is 1. The Kier molecular flexibility index (Phi) is 3.47. The molecule has 0 saturated heterocycles. The average molecular weight is 179 g/mol. The van der Waals surface area contributed by atoms with Crippen molar-refractivity contribution in [2.24, 2.45) is 4.99 Å². The number of hydrogen-bond acceptors (Lipinski definition) is 3. The molecule has 0 spiro atoms. The smallest absolute Gasteiger partial charge is 0.134 e. The van der Waals surface area contributed by atoms with E-state index in [1.165, 1.54) is 0 Å². The highest BCUT2D eigenvalue weighted by molar-refractivity contribution is 8.93. The molecule has 0 atom stereocenters. The van der Waals surface area contributed by atoms with Gasteiger partial charge in [0.25, 0.3) is 0 Å². The van der Waals surface area contributed by atoms with Crippen LogP contribution >= 0.6 is 17.0 Å². The van der Waals surface area contributed by atoms with E-state index in [-0.39, 0.29) is 17.0 Å². The van der Waals surface area contributed by atoms with Gasteiger partial charge < -0.3 is 0 Å². The third kappa shape index (κ3) is 2.09. The Morgan fingerprint density at radius 1 is 1.62 bits per heavy atom. The molecular formula is C4H7BrN2O. The second-order valence-electron chi connectivity index (χ2n) is 1.25. The maximum Gasteiger partial charge on any atom is 0.134 e. The zero-order valence-electron chi connectivity index (χ0n) is 4.19. The molecule has 1 heterocycles. The quantitative estimate of drug-likeness (QED) is 0.597. The monoisotopic (exact) mass is 178 g/mol.